The summed E-state index contributed by atoms with van der Waals surface area (Å²) in [5.41, 5.74) is 0. The van der Waals surface area contributed by atoms with Crippen LogP contribution < -0.4 is 0 Å². The minimum Gasteiger partial charge on any atom is -0.378 e. The van der Waals surface area contributed by atoms with Crippen LogP contribution in [0, 0.1) is 5.92 Å². The topological polar surface area (TPSA) is 18.5 Å². The zero-order valence-corrected chi connectivity index (χ0v) is 7.47. The molecule has 1 heterocycles. The SMILES string of the molecule is CC.CC1COCC(OF)C1. The molecule has 1 aliphatic heterocycles. The lowest BCUT2D eigenvalue weighted by Crippen LogP contribution is -2.28. The van der Waals surface area contributed by atoms with E-state index in [1.165, 1.54) is 0 Å². The van der Waals surface area contributed by atoms with Crippen molar-refractivity contribution in [3.63, 3.8) is 0 Å². The molecule has 0 aliphatic carbocycles. The molecule has 0 N–H and O–H groups in total. The van der Waals surface area contributed by atoms with Gasteiger partial charge in [0.05, 0.1) is 6.61 Å². The molecule has 0 aromatic rings. The Labute approximate surface area is 67.6 Å². The van der Waals surface area contributed by atoms with Gasteiger partial charge in [-0.05, 0) is 16.9 Å². The Hall–Kier alpha value is -0.150. The molecule has 0 bridgehead atoms. The van der Waals surface area contributed by atoms with Crippen molar-refractivity contribution in [2.24, 2.45) is 5.92 Å². The number of hydrogen-bond donors (Lipinski definition) is 0. The van der Waals surface area contributed by atoms with Crippen LogP contribution >= 0.6 is 0 Å². The van der Waals surface area contributed by atoms with Crippen molar-refractivity contribution >= 4 is 0 Å². The standard InChI is InChI=1S/C6H11FO2.C2H6/c1-5-2-6(9-7)4-8-3-5;1-2/h5-6H,2-4H2,1H3;1-2H3. The van der Waals surface area contributed by atoms with E-state index in [0.717, 1.165) is 13.0 Å². The van der Waals surface area contributed by atoms with Crippen LogP contribution in [0.5, 0.6) is 0 Å². The molecular formula is C8H17FO2. The first-order valence-electron chi connectivity index (χ1n) is 4.18. The summed E-state index contributed by atoms with van der Waals surface area (Å²) >= 11 is 0. The summed E-state index contributed by atoms with van der Waals surface area (Å²) in [6.07, 6.45) is 0.449. The van der Waals surface area contributed by atoms with Gasteiger partial charge in [0.25, 0.3) is 0 Å². The van der Waals surface area contributed by atoms with Crippen molar-refractivity contribution in [3.8, 4) is 0 Å². The molecule has 1 fully saturated rings. The van der Waals surface area contributed by atoms with E-state index in [4.69, 9.17) is 4.74 Å². The summed E-state index contributed by atoms with van der Waals surface area (Å²) in [7, 11) is 0. The molecule has 0 amide bonds. The predicted molar refractivity (Wildman–Crippen MR) is 41.9 cm³/mol. The van der Waals surface area contributed by atoms with Crippen molar-refractivity contribution < 1.29 is 14.2 Å². The van der Waals surface area contributed by atoms with Crippen LogP contribution in [0.4, 0.5) is 4.53 Å². The molecule has 0 aromatic carbocycles. The van der Waals surface area contributed by atoms with Gasteiger partial charge in [0.15, 0.2) is 0 Å². The Morgan fingerprint density at radius 3 is 2.36 bits per heavy atom. The second-order valence-corrected chi connectivity index (χ2v) is 2.59. The van der Waals surface area contributed by atoms with Gasteiger partial charge >= 0.3 is 0 Å². The fraction of sp³-hybridized carbons (Fsp3) is 1.00. The summed E-state index contributed by atoms with van der Waals surface area (Å²) in [6, 6.07) is 0. The Bertz CT molecular complexity index is 88.2. The van der Waals surface area contributed by atoms with Crippen LogP contribution in [0.1, 0.15) is 27.2 Å². The Morgan fingerprint density at radius 2 is 2.00 bits per heavy atom. The van der Waals surface area contributed by atoms with Gasteiger partial charge in [0.1, 0.15) is 6.10 Å². The van der Waals surface area contributed by atoms with Gasteiger partial charge in [-0.2, -0.15) is 4.94 Å². The summed E-state index contributed by atoms with van der Waals surface area (Å²) < 4.78 is 16.5. The lowest BCUT2D eigenvalue weighted by molar-refractivity contribution is -0.214. The van der Waals surface area contributed by atoms with Crippen LogP contribution in [0.3, 0.4) is 0 Å². The average Bonchev–Trinajstić information content (AvgIpc) is 2.08. The third-order valence-electron chi connectivity index (χ3n) is 1.50. The average molecular weight is 164 g/mol. The van der Waals surface area contributed by atoms with E-state index in [9.17, 15) is 4.53 Å². The summed E-state index contributed by atoms with van der Waals surface area (Å²) in [4.78, 5) is 3.64. The third kappa shape index (κ3) is 4.32. The van der Waals surface area contributed by atoms with Crippen LogP contribution in [-0.4, -0.2) is 19.3 Å². The first-order chi connectivity index (χ1) is 5.33. The van der Waals surface area contributed by atoms with E-state index in [0.29, 0.717) is 12.5 Å². The van der Waals surface area contributed by atoms with Crippen LogP contribution in [0.2, 0.25) is 0 Å². The van der Waals surface area contributed by atoms with E-state index < -0.39 is 0 Å². The maximum atomic E-state index is 11.5. The third-order valence-corrected chi connectivity index (χ3v) is 1.50. The number of halogens is 1. The smallest absolute Gasteiger partial charge is 0.122 e. The van der Waals surface area contributed by atoms with Crippen LogP contribution in [0.25, 0.3) is 0 Å². The minimum absolute atomic E-state index is 0.325. The van der Waals surface area contributed by atoms with Crippen molar-refractivity contribution in [3.05, 3.63) is 0 Å². The molecule has 0 radical (unpaired) electrons. The Kier molecular flexibility index (Phi) is 6.46. The molecule has 68 valence electrons. The van der Waals surface area contributed by atoms with Crippen LogP contribution in [0.15, 0.2) is 0 Å². The van der Waals surface area contributed by atoms with E-state index in [1.807, 2.05) is 20.8 Å². The molecule has 11 heavy (non-hydrogen) atoms. The highest BCUT2D eigenvalue weighted by molar-refractivity contribution is 4.65. The molecule has 1 saturated heterocycles. The Balaban J connectivity index is 0.000000461. The number of ether oxygens (including phenoxy) is 1. The highest BCUT2D eigenvalue weighted by Gasteiger charge is 2.20. The zero-order chi connectivity index (χ0) is 8.69. The van der Waals surface area contributed by atoms with Gasteiger partial charge in [-0.3, -0.25) is 0 Å². The largest absolute Gasteiger partial charge is 0.378 e. The monoisotopic (exact) mass is 164 g/mol. The molecule has 0 spiro atoms. The number of hydrogen-bond acceptors (Lipinski definition) is 2. The highest BCUT2D eigenvalue weighted by Crippen LogP contribution is 2.15. The molecule has 2 nitrogen and oxygen atoms in total. The van der Waals surface area contributed by atoms with Gasteiger partial charge in [0, 0.05) is 6.61 Å². The van der Waals surface area contributed by atoms with E-state index in [2.05, 4.69) is 4.94 Å². The predicted octanol–water partition coefficient (Wildman–Crippen LogP) is 2.34. The first kappa shape index (κ1) is 10.8. The molecule has 0 aromatic heterocycles. The molecule has 0 saturated carbocycles. The molecule has 3 heteroatoms. The quantitative estimate of drug-likeness (QED) is 0.592. The molecule has 2 unspecified atom stereocenters. The minimum atomic E-state index is -0.325. The molecule has 1 aliphatic rings. The van der Waals surface area contributed by atoms with Gasteiger partial charge in [0.2, 0.25) is 0 Å². The summed E-state index contributed by atoms with van der Waals surface area (Å²) in [5, 5.41) is 0. The van der Waals surface area contributed by atoms with Crippen molar-refractivity contribution in [2.75, 3.05) is 13.2 Å². The van der Waals surface area contributed by atoms with Gasteiger partial charge in [-0.25, -0.2) is 0 Å². The normalized spacial score (nSPS) is 30.5. The molecule has 2 atom stereocenters. The van der Waals surface area contributed by atoms with Gasteiger partial charge < -0.3 is 4.74 Å². The lowest BCUT2D eigenvalue weighted by Gasteiger charge is -2.23. The maximum absolute atomic E-state index is 11.5. The summed E-state index contributed by atoms with van der Waals surface area (Å²) in [6.45, 7) is 7.16. The molecule has 1 rings (SSSR count). The fourth-order valence-electron chi connectivity index (χ4n) is 1.05. The van der Waals surface area contributed by atoms with Gasteiger partial charge in [-0.1, -0.05) is 20.8 Å². The second-order valence-electron chi connectivity index (χ2n) is 2.59. The van der Waals surface area contributed by atoms with Crippen molar-refractivity contribution in [2.45, 2.75) is 33.3 Å². The second kappa shape index (κ2) is 6.55. The zero-order valence-electron chi connectivity index (χ0n) is 7.47. The molecular weight excluding hydrogens is 147 g/mol. The van der Waals surface area contributed by atoms with E-state index in [1.54, 1.807) is 0 Å². The van der Waals surface area contributed by atoms with Crippen molar-refractivity contribution in [1.82, 2.24) is 0 Å². The lowest BCUT2D eigenvalue weighted by atomic mass is 10.0. The number of rotatable bonds is 1. The maximum Gasteiger partial charge on any atom is 0.122 e. The highest BCUT2D eigenvalue weighted by atomic mass is 19.3. The van der Waals surface area contributed by atoms with E-state index in [-0.39, 0.29) is 6.10 Å². The summed E-state index contributed by atoms with van der Waals surface area (Å²) in [5.74, 6) is 0.430. The first-order valence-corrected chi connectivity index (χ1v) is 4.18. The van der Waals surface area contributed by atoms with E-state index >= 15 is 0 Å². The van der Waals surface area contributed by atoms with Gasteiger partial charge in [-0.15, -0.1) is 0 Å². The van der Waals surface area contributed by atoms with Crippen molar-refractivity contribution in [1.29, 1.82) is 0 Å². The Morgan fingerprint density at radius 1 is 1.36 bits per heavy atom. The fourth-order valence-corrected chi connectivity index (χ4v) is 1.05. The van der Waals surface area contributed by atoms with Crippen LogP contribution in [-0.2, 0) is 9.68 Å².